The Balaban J connectivity index is 1.89. The Morgan fingerprint density at radius 1 is 1.09 bits per heavy atom. The molecule has 1 aliphatic rings. The van der Waals surface area contributed by atoms with Gasteiger partial charge in [-0.1, -0.05) is 19.1 Å². The van der Waals surface area contributed by atoms with Crippen LogP contribution in [-0.2, 0) is 11.2 Å². The number of carbonyl (C=O) groups excluding carboxylic acids is 2. The lowest BCUT2D eigenvalue weighted by Crippen LogP contribution is -2.27. The zero-order chi connectivity index (χ0) is 15.5. The Bertz CT molecular complexity index is 739. The van der Waals surface area contributed by atoms with E-state index in [1.165, 1.54) is 10.5 Å². The second-order valence-corrected chi connectivity index (χ2v) is 5.81. The van der Waals surface area contributed by atoms with Crippen molar-refractivity contribution in [2.75, 3.05) is 4.90 Å². The molecule has 0 aliphatic carbocycles. The number of benzene rings is 1. The minimum atomic E-state index is -0.281. The molecule has 1 aliphatic heterocycles. The molecular formula is C17H14N2O2S. The first-order valence-electron chi connectivity index (χ1n) is 6.96. The summed E-state index contributed by atoms with van der Waals surface area (Å²) < 4.78 is 0. The molecule has 5 heteroatoms. The number of aryl methyl sites for hydroxylation is 1. The maximum absolute atomic E-state index is 12.5. The number of pyridine rings is 1. The number of hydrogen-bond acceptors (Lipinski definition) is 4. The average molecular weight is 310 g/mol. The number of rotatable bonds is 3. The van der Waals surface area contributed by atoms with E-state index < -0.39 is 0 Å². The summed E-state index contributed by atoms with van der Waals surface area (Å²) in [5.74, 6) is -0.281. The van der Waals surface area contributed by atoms with Crippen LogP contribution in [0.2, 0.25) is 0 Å². The summed E-state index contributed by atoms with van der Waals surface area (Å²) in [7, 11) is 0. The maximum Gasteiger partial charge on any atom is 0.298 e. The summed E-state index contributed by atoms with van der Waals surface area (Å²) in [4.78, 5) is 30.2. The molecule has 0 saturated carbocycles. The first-order chi connectivity index (χ1) is 10.7. The van der Waals surface area contributed by atoms with Gasteiger partial charge < -0.3 is 0 Å². The standard InChI is InChI=1S/C17H14N2O2S/c1-2-12-3-5-14(6-4-12)19-16(20)15(22-17(19)21)11-13-7-9-18-10-8-13/h3-11H,2H2,1H3/b15-11-. The molecule has 0 N–H and O–H groups in total. The maximum atomic E-state index is 12.5. The van der Waals surface area contributed by atoms with Crippen LogP contribution >= 0.6 is 11.8 Å². The SMILES string of the molecule is CCc1ccc(N2C(=O)S/C(=C\c3ccncc3)C2=O)cc1. The summed E-state index contributed by atoms with van der Waals surface area (Å²) in [5, 5.41) is -0.269. The molecule has 22 heavy (non-hydrogen) atoms. The number of amides is 2. The molecule has 110 valence electrons. The molecule has 3 rings (SSSR count). The molecule has 0 radical (unpaired) electrons. The topological polar surface area (TPSA) is 50.3 Å². The molecule has 1 aromatic carbocycles. The van der Waals surface area contributed by atoms with Gasteiger partial charge in [-0.25, -0.2) is 4.90 Å². The second kappa shape index (κ2) is 6.15. The van der Waals surface area contributed by atoms with Crippen LogP contribution in [0.1, 0.15) is 18.1 Å². The molecule has 2 aromatic rings. The molecule has 4 nitrogen and oxygen atoms in total. The molecule has 1 fully saturated rings. The fourth-order valence-electron chi connectivity index (χ4n) is 2.18. The Morgan fingerprint density at radius 2 is 1.77 bits per heavy atom. The van der Waals surface area contributed by atoms with Crippen molar-refractivity contribution in [2.45, 2.75) is 13.3 Å². The number of anilines is 1. The number of thioether (sulfide) groups is 1. The number of hydrogen-bond donors (Lipinski definition) is 0. The van der Waals surface area contributed by atoms with E-state index in [-0.39, 0.29) is 11.1 Å². The van der Waals surface area contributed by atoms with Gasteiger partial charge in [0.1, 0.15) is 0 Å². The lowest BCUT2D eigenvalue weighted by Gasteiger charge is -2.12. The Labute approximate surface area is 132 Å². The molecule has 0 unspecified atom stereocenters. The number of imide groups is 1. The lowest BCUT2D eigenvalue weighted by molar-refractivity contribution is -0.113. The minimum absolute atomic E-state index is 0.269. The molecule has 2 amide bonds. The van der Waals surface area contributed by atoms with E-state index >= 15 is 0 Å². The van der Waals surface area contributed by atoms with Gasteiger partial charge in [0, 0.05) is 12.4 Å². The van der Waals surface area contributed by atoms with Crippen LogP contribution in [0.25, 0.3) is 6.08 Å². The van der Waals surface area contributed by atoms with Crippen LogP contribution in [0.15, 0.2) is 53.7 Å². The smallest absolute Gasteiger partial charge is 0.268 e. The Hall–Kier alpha value is -2.40. The number of aromatic nitrogens is 1. The van der Waals surface area contributed by atoms with Gasteiger partial charge in [-0.15, -0.1) is 0 Å². The van der Waals surface area contributed by atoms with E-state index in [1.54, 1.807) is 30.6 Å². The first kappa shape index (κ1) is 14.5. The molecular weight excluding hydrogens is 296 g/mol. The van der Waals surface area contributed by atoms with Gasteiger partial charge >= 0.3 is 0 Å². The van der Waals surface area contributed by atoms with Gasteiger partial charge in [0.15, 0.2) is 0 Å². The van der Waals surface area contributed by atoms with Gasteiger partial charge in [-0.2, -0.15) is 0 Å². The normalized spacial score (nSPS) is 16.6. The third-order valence-electron chi connectivity index (χ3n) is 3.40. The summed E-state index contributed by atoms with van der Waals surface area (Å²) in [6.45, 7) is 2.06. The number of carbonyl (C=O) groups is 2. The minimum Gasteiger partial charge on any atom is -0.268 e. The molecule has 1 aromatic heterocycles. The third-order valence-corrected chi connectivity index (χ3v) is 4.27. The Kier molecular flexibility index (Phi) is 4.06. The fourth-order valence-corrected chi connectivity index (χ4v) is 3.02. The summed E-state index contributed by atoms with van der Waals surface area (Å²) in [6, 6.07) is 11.1. The molecule has 0 bridgehead atoms. The molecule has 0 atom stereocenters. The van der Waals surface area contributed by atoms with Crippen molar-refractivity contribution in [1.29, 1.82) is 0 Å². The quantitative estimate of drug-likeness (QED) is 0.807. The molecule has 0 spiro atoms. The van der Waals surface area contributed by atoms with Crippen LogP contribution in [0.5, 0.6) is 0 Å². The van der Waals surface area contributed by atoms with E-state index in [4.69, 9.17) is 0 Å². The zero-order valence-electron chi connectivity index (χ0n) is 12.0. The van der Waals surface area contributed by atoms with Crippen molar-refractivity contribution < 1.29 is 9.59 Å². The van der Waals surface area contributed by atoms with Crippen LogP contribution in [0.4, 0.5) is 10.5 Å². The Morgan fingerprint density at radius 3 is 2.41 bits per heavy atom. The summed E-state index contributed by atoms with van der Waals surface area (Å²) >= 11 is 0.960. The third kappa shape index (κ3) is 2.80. The fraction of sp³-hybridized carbons (Fsp3) is 0.118. The van der Waals surface area contributed by atoms with E-state index in [0.717, 1.165) is 23.7 Å². The van der Waals surface area contributed by atoms with E-state index in [9.17, 15) is 9.59 Å². The monoisotopic (exact) mass is 310 g/mol. The van der Waals surface area contributed by atoms with Crippen LogP contribution < -0.4 is 4.90 Å². The summed E-state index contributed by atoms with van der Waals surface area (Å²) in [5.41, 5.74) is 2.63. The highest BCUT2D eigenvalue weighted by Gasteiger charge is 2.36. The van der Waals surface area contributed by atoms with Gasteiger partial charge in [0.05, 0.1) is 10.6 Å². The predicted molar refractivity (Wildman–Crippen MR) is 88.5 cm³/mol. The van der Waals surface area contributed by atoms with Crippen molar-refractivity contribution in [2.24, 2.45) is 0 Å². The highest BCUT2D eigenvalue weighted by Crippen LogP contribution is 2.35. The van der Waals surface area contributed by atoms with E-state index in [2.05, 4.69) is 11.9 Å². The van der Waals surface area contributed by atoms with Gasteiger partial charge in [-0.05, 0) is 59.7 Å². The zero-order valence-corrected chi connectivity index (χ0v) is 12.8. The van der Waals surface area contributed by atoms with Gasteiger partial charge in [-0.3, -0.25) is 14.6 Å². The lowest BCUT2D eigenvalue weighted by atomic mass is 10.1. The summed E-state index contributed by atoms with van der Waals surface area (Å²) in [6.07, 6.45) is 5.94. The van der Waals surface area contributed by atoms with Crippen molar-refractivity contribution in [3.05, 3.63) is 64.8 Å². The average Bonchev–Trinajstić information content (AvgIpc) is 2.82. The van der Waals surface area contributed by atoms with Crippen LogP contribution in [-0.4, -0.2) is 16.1 Å². The van der Waals surface area contributed by atoms with E-state index in [1.807, 2.05) is 24.3 Å². The molecule has 1 saturated heterocycles. The van der Waals surface area contributed by atoms with Gasteiger partial charge in [0.2, 0.25) is 0 Å². The van der Waals surface area contributed by atoms with Crippen LogP contribution in [0.3, 0.4) is 0 Å². The van der Waals surface area contributed by atoms with Gasteiger partial charge in [0.25, 0.3) is 11.1 Å². The number of nitrogens with zero attached hydrogens (tertiary/aromatic N) is 2. The van der Waals surface area contributed by atoms with Crippen molar-refractivity contribution in [1.82, 2.24) is 4.98 Å². The van der Waals surface area contributed by atoms with Crippen LogP contribution in [0, 0.1) is 0 Å². The highest BCUT2D eigenvalue weighted by molar-refractivity contribution is 8.19. The first-order valence-corrected chi connectivity index (χ1v) is 7.77. The van der Waals surface area contributed by atoms with Crippen molar-refractivity contribution in [3.8, 4) is 0 Å². The van der Waals surface area contributed by atoms with Crippen molar-refractivity contribution in [3.63, 3.8) is 0 Å². The molecule has 2 heterocycles. The van der Waals surface area contributed by atoms with E-state index in [0.29, 0.717) is 10.6 Å². The second-order valence-electron chi connectivity index (χ2n) is 4.82. The predicted octanol–water partition coefficient (Wildman–Crippen LogP) is 3.88. The van der Waals surface area contributed by atoms with Crippen molar-refractivity contribution >= 4 is 34.7 Å². The largest absolute Gasteiger partial charge is 0.298 e. The highest BCUT2D eigenvalue weighted by atomic mass is 32.2.